The maximum absolute atomic E-state index is 3.64. The van der Waals surface area contributed by atoms with Crippen molar-refractivity contribution in [3.63, 3.8) is 0 Å². The summed E-state index contributed by atoms with van der Waals surface area (Å²) in [5.41, 5.74) is 0. The van der Waals surface area contributed by atoms with Crippen LogP contribution in [-0.4, -0.2) is 0 Å². The summed E-state index contributed by atoms with van der Waals surface area (Å²) in [4.78, 5) is 0. The van der Waals surface area contributed by atoms with Gasteiger partial charge < -0.3 is 20.8 Å². The molecule has 0 aromatic rings. The number of hydrogen-bond acceptors (Lipinski definition) is 0. The van der Waals surface area contributed by atoms with E-state index in [9.17, 15) is 0 Å². The first-order valence-electron chi connectivity index (χ1n) is 4.69. The molecular formula is C12H28ClHf-3. The Morgan fingerprint density at radius 1 is 0.571 bits per heavy atom. The Hall–Kier alpha value is 1.16. The Balaban J connectivity index is -0.0000000270. The molecule has 0 fully saturated rings. The maximum Gasteiger partial charge on any atom is 0 e. The first kappa shape index (κ1) is 29.4. The Labute approximate surface area is 118 Å². The van der Waals surface area contributed by atoms with E-state index in [0.717, 1.165) is 0 Å². The Morgan fingerprint density at radius 3 is 0.571 bits per heavy atom. The van der Waals surface area contributed by atoms with Crippen molar-refractivity contribution in [1.29, 1.82) is 0 Å². The van der Waals surface area contributed by atoms with Gasteiger partial charge in [0, 0.05) is 25.8 Å². The fourth-order valence-electron chi connectivity index (χ4n) is 0. The summed E-state index contributed by atoms with van der Waals surface area (Å²) >= 11 is 0. The van der Waals surface area contributed by atoms with Gasteiger partial charge in [-0.2, -0.15) is 17.8 Å². The third kappa shape index (κ3) is 1450. The maximum atomic E-state index is 3.64. The minimum absolute atomic E-state index is 0. The van der Waals surface area contributed by atoms with Crippen LogP contribution in [0, 0.1) is 38.5 Å². The molecule has 0 nitrogen and oxygen atoms in total. The van der Waals surface area contributed by atoms with Gasteiger partial charge in [0.25, 0.3) is 0 Å². The molecule has 0 amide bonds. The first-order valence-corrected chi connectivity index (χ1v) is 4.69. The second kappa shape index (κ2) is 23.8. The normalized spacial score (nSPS) is 7.71. The second-order valence-corrected chi connectivity index (χ2v) is 4.18. The van der Waals surface area contributed by atoms with Crippen molar-refractivity contribution in [3.05, 3.63) is 20.8 Å². The van der Waals surface area contributed by atoms with Gasteiger partial charge in [-0.25, -0.2) is 0 Å². The van der Waals surface area contributed by atoms with Crippen molar-refractivity contribution >= 4 is 12.4 Å². The van der Waals surface area contributed by atoms with E-state index in [1.807, 2.05) is 0 Å². The molecule has 0 N–H and O–H groups in total. The molecule has 0 radical (unpaired) electrons. The monoisotopic (exact) mass is 387 g/mol. The predicted molar refractivity (Wildman–Crippen MR) is 67.8 cm³/mol. The zero-order chi connectivity index (χ0) is 10.7. The van der Waals surface area contributed by atoms with E-state index in [2.05, 4.69) is 62.3 Å². The van der Waals surface area contributed by atoms with Crippen LogP contribution < -0.4 is 0 Å². The number of rotatable bonds is 0. The molecule has 0 aliphatic carbocycles. The first-order chi connectivity index (χ1) is 5.20. The second-order valence-electron chi connectivity index (χ2n) is 4.18. The molecule has 0 atom stereocenters. The van der Waals surface area contributed by atoms with Gasteiger partial charge in [-0.15, -0.1) is 12.4 Å². The van der Waals surface area contributed by atoms with Gasteiger partial charge in [0.2, 0.25) is 0 Å². The standard InChI is InChI=1S/3C4H9.ClH.Hf/c3*1-4(2)3;;/h3*4H,1H2,2-3H3;1H;/q3*-1;;. The van der Waals surface area contributed by atoms with Gasteiger partial charge in [-0.3, -0.25) is 0 Å². The van der Waals surface area contributed by atoms with Crippen LogP contribution in [0.3, 0.4) is 0 Å². The van der Waals surface area contributed by atoms with Crippen LogP contribution in [0.1, 0.15) is 41.5 Å². The summed E-state index contributed by atoms with van der Waals surface area (Å²) in [6.45, 7) is 23.2. The molecule has 0 aliphatic rings. The third-order valence-corrected chi connectivity index (χ3v) is 0. The molecule has 0 aliphatic heterocycles. The van der Waals surface area contributed by atoms with Gasteiger partial charge in [0.1, 0.15) is 0 Å². The van der Waals surface area contributed by atoms with Gasteiger partial charge >= 0.3 is 0 Å². The third-order valence-electron chi connectivity index (χ3n) is 0. The molecule has 0 saturated carbocycles. The molecule has 0 aromatic carbocycles. The smallest absolute Gasteiger partial charge is 0 e. The molecule has 0 unspecified atom stereocenters. The fourth-order valence-corrected chi connectivity index (χ4v) is 0. The van der Waals surface area contributed by atoms with Crippen molar-refractivity contribution < 1.29 is 25.8 Å². The van der Waals surface area contributed by atoms with Crippen LogP contribution in [0.4, 0.5) is 0 Å². The molecule has 2 heteroatoms. The van der Waals surface area contributed by atoms with E-state index in [4.69, 9.17) is 0 Å². The Bertz CT molecular complexity index is 38.8. The molecule has 0 heterocycles. The molecule has 0 saturated heterocycles. The number of hydrogen-bond donors (Lipinski definition) is 0. The van der Waals surface area contributed by atoms with Crippen LogP contribution >= 0.6 is 12.4 Å². The van der Waals surface area contributed by atoms with Gasteiger partial charge in [-0.05, 0) is 0 Å². The van der Waals surface area contributed by atoms with E-state index in [-0.39, 0.29) is 38.3 Å². The molecular weight excluding hydrogens is 358 g/mol. The minimum Gasteiger partial charge on any atom is -0.341 e. The largest absolute Gasteiger partial charge is 0.341 e. The summed E-state index contributed by atoms with van der Waals surface area (Å²) in [6.07, 6.45) is 0. The molecule has 0 aromatic heterocycles. The van der Waals surface area contributed by atoms with E-state index in [1.165, 1.54) is 0 Å². The summed E-state index contributed by atoms with van der Waals surface area (Å²) < 4.78 is 0. The zero-order valence-corrected chi connectivity index (χ0v) is 15.2. The summed E-state index contributed by atoms with van der Waals surface area (Å²) in [5, 5.41) is 0. The summed E-state index contributed by atoms with van der Waals surface area (Å²) in [6, 6.07) is 0. The van der Waals surface area contributed by atoms with Crippen molar-refractivity contribution in [2.75, 3.05) is 0 Å². The summed E-state index contributed by atoms with van der Waals surface area (Å²) in [5.74, 6) is 1.75. The molecule has 0 rings (SSSR count). The molecule has 14 heavy (non-hydrogen) atoms. The van der Waals surface area contributed by atoms with Crippen molar-refractivity contribution in [3.8, 4) is 0 Å². The van der Waals surface area contributed by atoms with Gasteiger partial charge in [0.05, 0.1) is 0 Å². The Morgan fingerprint density at radius 2 is 0.571 bits per heavy atom. The van der Waals surface area contributed by atoms with Crippen LogP contribution in [0.15, 0.2) is 0 Å². The SMILES string of the molecule is Cl.[CH2-]C(C)C.[CH2-]C(C)C.[CH2-]C(C)C.[Hf]. The zero-order valence-electron chi connectivity index (χ0n) is 10.8. The summed E-state index contributed by atoms with van der Waals surface area (Å²) in [7, 11) is 0. The van der Waals surface area contributed by atoms with E-state index in [0.29, 0.717) is 17.8 Å². The molecule has 0 spiro atoms. The van der Waals surface area contributed by atoms with E-state index < -0.39 is 0 Å². The topological polar surface area (TPSA) is 0 Å². The van der Waals surface area contributed by atoms with Crippen LogP contribution in [0.2, 0.25) is 0 Å². The minimum atomic E-state index is 0. The van der Waals surface area contributed by atoms with E-state index in [1.54, 1.807) is 0 Å². The number of halogens is 1. The average Bonchev–Trinajstić information content (AvgIpc) is 1.54. The molecule has 0 bridgehead atoms. The molecule has 90 valence electrons. The predicted octanol–water partition coefficient (Wildman–Crippen LogP) is 4.85. The average molecular weight is 386 g/mol. The quantitative estimate of drug-likeness (QED) is 0.413. The van der Waals surface area contributed by atoms with Crippen LogP contribution in [-0.2, 0) is 25.8 Å². The Kier molecular flexibility index (Phi) is 50.0. The van der Waals surface area contributed by atoms with Crippen LogP contribution in [0.5, 0.6) is 0 Å². The van der Waals surface area contributed by atoms with Gasteiger partial charge in [0.15, 0.2) is 0 Å². The van der Waals surface area contributed by atoms with Crippen molar-refractivity contribution in [2.24, 2.45) is 17.8 Å². The van der Waals surface area contributed by atoms with Crippen molar-refractivity contribution in [1.82, 2.24) is 0 Å². The van der Waals surface area contributed by atoms with E-state index >= 15 is 0 Å². The fraction of sp³-hybridized carbons (Fsp3) is 0.750. The van der Waals surface area contributed by atoms with Crippen molar-refractivity contribution in [2.45, 2.75) is 41.5 Å². The van der Waals surface area contributed by atoms with Gasteiger partial charge in [-0.1, -0.05) is 41.5 Å². The van der Waals surface area contributed by atoms with Crippen LogP contribution in [0.25, 0.3) is 0 Å².